The van der Waals surface area contributed by atoms with E-state index in [4.69, 9.17) is 4.74 Å². The van der Waals surface area contributed by atoms with Gasteiger partial charge in [-0.15, -0.1) is 0 Å². The van der Waals surface area contributed by atoms with Crippen molar-refractivity contribution in [3.8, 4) is 0 Å². The highest BCUT2D eigenvalue weighted by Crippen LogP contribution is 2.22. The largest absolute Gasteiger partial charge is 0.370 e. The van der Waals surface area contributed by atoms with Crippen LogP contribution >= 0.6 is 0 Å². The summed E-state index contributed by atoms with van der Waals surface area (Å²) >= 11 is 0. The maximum Gasteiger partial charge on any atom is 0.0757 e. The van der Waals surface area contributed by atoms with Gasteiger partial charge in [0.1, 0.15) is 0 Å². The third kappa shape index (κ3) is 4.30. The predicted octanol–water partition coefficient (Wildman–Crippen LogP) is 2.41. The predicted molar refractivity (Wildman–Crippen MR) is 79.1 cm³/mol. The zero-order valence-corrected chi connectivity index (χ0v) is 12.6. The van der Waals surface area contributed by atoms with Crippen LogP contribution in [0.2, 0.25) is 0 Å². The second-order valence-electron chi connectivity index (χ2n) is 6.21. The second-order valence-corrected chi connectivity index (χ2v) is 6.21. The monoisotopic (exact) mass is 262 g/mol. The molecule has 0 aliphatic carbocycles. The quantitative estimate of drug-likeness (QED) is 0.902. The van der Waals surface area contributed by atoms with Gasteiger partial charge in [0, 0.05) is 26.2 Å². The topological polar surface area (TPSA) is 24.5 Å². The first-order valence-corrected chi connectivity index (χ1v) is 7.11. The van der Waals surface area contributed by atoms with Crippen molar-refractivity contribution in [2.45, 2.75) is 45.6 Å². The number of hydrogen-bond donors (Lipinski definition) is 1. The zero-order valence-electron chi connectivity index (χ0n) is 12.6. The highest BCUT2D eigenvalue weighted by atomic mass is 16.5. The Labute approximate surface area is 116 Å². The molecule has 19 heavy (non-hydrogen) atoms. The standard InChI is InChI=1S/C16H26N2O/c1-13-10-18(12-16(2,3)19-13)11-15-7-5-6-14(8-15)9-17-4/h5-8,13,17H,9-12H2,1-4H3. The smallest absolute Gasteiger partial charge is 0.0757 e. The van der Waals surface area contributed by atoms with E-state index in [0.29, 0.717) is 6.10 Å². The lowest BCUT2D eigenvalue weighted by atomic mass is 10.0. The molecule has 0 spiro atoms. The molecule has 1 aliphatic heterocycles. The molecule has 3 nitrogen and oxygen atoms in total. The maximum absolute atomic E-state index is 5.95. The summed E-state index contributed by atoms with van der Waals surface area (Å²) in [7, 11) is 1.98. The number of benzene rings is 1. The SMILES string of the molecule is CNCc1cccc(CN2CC(C)OC(C)(C)C2)c1. The van der Waals surface area contributed by atoms with Crippen LogP contribution in [-0.2, 0) is 17.8 Å². The van der Waals surface area contributed by atoms with Gasteiger partial charge in [0.25, 0.3) is 0 Å². The molecule has 1 aromatic carbocycles. The van der Waals surface area contributed by atoms with Crippen LogP contribution in [0.25, 0.3) is 0 Å². The minimum Gasteiger partial charge on any atom is -0.370 e. The Morgan fingerprint density at radius 2 is 2.11 bits per heavy atom. The van der Waals surface area contributed by atoms with Gasteiger partial charge >= 0.3 is 0 Å². The normalized spacial score (nSPS) is 23.5. The Balaban J connectivity index is 2.02. The molecule has 0 aromatic heterocycles. The summed E-state index contributed by atoms with van der Waals surface area (Å²) in [5.41, 5.74) is 2.69. The lowest BCUT2D eigenvalue weighted by molar-refractivity contribution is -0.130. The van der Waals surface area contributed by atoms with Crippen molar-refractivity contribution in [3.63, 3.8) is 0 Å². The summed E-state index contributed by atoms with van der Waals surface area (Å²) in [4.78, 5) is 2.49. The molecule has 1 aliphatic rings. The molecular weight excluding hydrogens is 236 g/mol. The lowest BCUT2D eigenvalue weighted by Gasteiger charge is -2.41. The van der Waals surface area contributed by atoms with E-state index in [2.05, 4.69) is 55.3 Å². The minimum absolute atomic E-state index is 0.0414. The molecule has 2 rings (SSSR count). The van der Waals surface area contributed by atoms with Crippen LogP contribution in [0.3, 0.4) is 0 Å². The van der Waals surface area contributed by atoms with Crippen molar-refractivity contribution in [1.29, 1.82) is 0 Å². The average Bonchev–Trinajstić information content (AvgIpc) is 2.26. The molecule has 1 saturated heterocycles. The molecule has 106 valence electrons. The van der Waals surface area contributed by atoms with Crippen molar-refractivity contribution in [2.75, 3.05) is 20.1 Å². The molecule has 1 N–H and O–H groups in total. The van der Waals surface area contributed by atoms with Crippen molar-refractivity contribution in [3.05, 3.63) is 35.4 Å². The summed E-state index contributed by atoms with van der Waals surface area (Å²) in [6.45, 7) is 10.5. The zero-order chi connectivity index (χ0) is 13.9. The molecule has 1 atom stereocenters. The summed E-state index contributed by atoms with van der Waals surface area (Å²) in [5, 5.41) is 3.20. The van der Waals surface area contributed by atoms with Gasteiger partial charge in [0.05, 0.1) is 11.7 Å². The fourth-order valence-corrected chi connectivity index (χ4v) is 3.01. The molecular formula is C16H26N2O. The first-order chi connectivity index (χ1) is 8.98. The third-order valence-corrected chi connectivity index (χ3v) is 3.42. The number of nitrogens with one attached hydrogen (secondary N) is 1. The number of nitrogens with zero attached hydrogens (tertiary/aromatic N) is 1. The molecule has 1 fully saturated rings. The molecule has 1 heterocycles. The summed E-state index contributed by atoms with van der Waals surface area (Å²) in [6.07, 6.45) is 0.309. The van der Waals surface area contributed by atoms with Gasteiger partial charge in [0.15, 0.2) is 0 Å². The van der Waals surface area contributed by atoms with Gasteiger partial charge in [-0.25, -0.2) is 0 Å². The van der Waals surface area contributed by atoms with Gasteiger partial charge < -0.3 is 10.1 Å². The average molecular weight is 262 g/mol. The minimum atomic E-state index is -0.0414. The Bertz CT molecular complexity index is 417. The van der Waals surface area contributed by atoms with Crippen molar-refractivity contribution >= 4 is 0 Å². The van der Waals surface area contributed by atoms with Crippen LogP contribution in [-0.4, -0.2) is 36.7 Å². The highest BCUT2D eigenvalue weighted by molar-refractivity contribution is 5.23. The molecule has 0 bridgehead atoms. The van der Waals surface area contributed by atoms with E-state index in [1.807, 2.05) is 7.05 Å². The van der Waals surface area contributed by atoms with Crippen molar-refractivity contribution < 1.29 is 4.74 Å². The number of morpholine rings is 1. The lowest BCUT2D eigenvalue weighted by Crippen LogP contribution is -2.51. The van der Waals surface area contributed by atoms with E-state index in [1.165, 1.54) is 11.1 Å². The Kier molecular flexibility index (Phi) is 4.61. The number of hydrogen-bond acceptors (Lipinski definition) is 3. The van der Waals surface area contributed by atoms with Crippen LogP contribution in [0.5, 0.6) is 0 Å². The van der Waals surface area contributed by atoms with Crippen LogP contribution in [0.15, 0.2) is 24.3 Å². The summed E-state index contributed by atoms with van der Waals surface area (Å²) < 4.78 is 5.95. The Morgan fingerprint density at radius 1 is 1.37 bits per heavy atom. The molecule has 1 aromatic rings. The van der Waals surface area contributed by atoms with E-state index in [0.717, 1.165) is 26.2 Å². The first kappa shape index (κ1) is 14.5. The van der Waals surface area contributed by atoms with Gasteiger partial charge in [-0.2, -0.15) is 0 Å². The third-order valence-electron chi connectivity index (χ3n) is 3.42. The maximum atomic E-state index is 5.95. The second kappa shape index (κ2) is 6.04. The first-order valence-electron chi connectivity index (χ1n) is 7.11. The Morgan fingerprint density at radius 3 is 2.79 bits per heavy atom. The van der Waals surface area contributed by atoms with Crippen LogP contribution in [0.4, 0.5) is 0 Å². The van der Waals surface area contributed by atoms with E-state index in [-0.39, 0.29) is 5.60 Å². The number of ether oxygens (including phenoxy) is 1. The molecule has 0 radical (unpaired) electrons. The summed E-state index contributed by atoms with van der Waals surface area (Å²) in [6, 6.07) is 8.83. The molecule has 0 saturated carbocycles. The molecule has 1 unspecified atom stereocenters. The molecule has 0 amide bonds. The van der Waals surface area contributed by atoms with E-state index in [1.54, 1.807) is 0 Å². The molecule has 3 heteroatoms. The van der Waals surface area contributed by atoms with Gasteiger partial charge in [-0.1, -0.05) is 24.3 Å². The van der Waals surface area contributed by atoms with E-state index < -0.39 is 0 Å². The van der Waals surface area contributed by atoms with Crippen LogP contribution in [0, 0.1) is 0 Å². The summed E-state index contributed by atoms with van der Waals surface area (Å²) in [5.74, 6) is 0. The van der Waals surface area contributed by atoms with Crippen LogP contribution < -0.4 is 5.32 Å². The van der Waals surface area contributed by atoms with Gasteiger partial charge in [0.2, 0.25) is 0 Å². The fraction of sp³-hybridized carbons (Fsp3) is 0.625. The van der Waals surface area contributed by atoms with Gasteiger partial charge in [-0.3, -0.25) is 4.90 Å². The van der Waals surface area contributed by atoms with Crippen LogP contribution in [0.1, 0.15) is 31.9 Å². The van der Waals surface area contributed by atoms with Gasteiger partial charge in [-0.05, 0) is 38.9 Å². The van der Waals surface area contributed by atoms with Crippen molar-refractivity contribution in [1.82, 2.24) is 10.2 Å². The van der Waals surface area contributed by atoms with E-state index >= 15 is 0 Å². The van der Waals surface area contributed by atoms with E-state index in [9.17, 15) is 0 Å². The Hall–Kier alpha value is -0.900. The highest BCUT2D eigenvalue weighted by Gasteiger charge is 2.30. The van der Waals surface area contributed by atoms with Crippen molar-refractivity contribution in [2.24, 2.45) is 0 Å². The fourth-order valence-electron chi connectivity index (χ4n) is 3.01. The number of rotatable bonds is 4.